The van der Waals surface area contributed by atoms with Gasteiger partial charge >= 0.3 is 5.97 Å². The molecule has 10 nitrogen and oxygen atoms in total. The van der Waals surface area contributed by atoms with Gasteiger partial charge in [-0.05, 0) is 47.7 Å². The van der Waals surface area contributed by atoms with Gasteiger partial charge in [0.05, 0.1) is 16.9 Å². The molecule has 1 amide bonds. The zero-order chi connectivity index (χ0) is 22.3. The van der Waals surface area contributed by atoms with Crippen molar-refractivity contribution in [2.24, 2.45) is 10.1 Å². The summed E-state index contributed by atoms with van der Waals surface area (Å²) in [7, 11) is -3.62. The smallest absolute Gasteiger partial charge is 0.379 e. The van der Waals surface area contributed by atoms with Crippen molar-refractivity contribution in [3.05, 3.63) is 58.5 Å². The Morgan fingerprint density at radius 1 is 1.35 bits per heavy atom. The Hall–Kier alpha value is -3.22. The molecule has 0 unspecified atom stereocenters. The van der Waals surface area contributed by atoms with Gasteiger partial charge in [0.25, 0.3) is 5.91 Å². The summed E-state index contributed by atoms with van der Waals surface area (Å²) < 4.78 is 33.3. The highest BCUT2D eigenvalue weighted by Gasteiger charge is 2.38. The third-order valence-electron chi connectivity index (χ3n) is 3.95. The van der Waals surface area contributed by atoms with Gasteiger partial charge in [-0.25, -0.2) is 13.2 Å². The summed E-state index contributed by atoms with van der Waals surface area (Å²) in [5.41, 5.74) is 0.313. The van der Waals surface area contributed by atoms with Crippen molar-refractivity contribution in [3.63, 3.8) is 0 Å². The van der Waals surface area contributed by atoms with Gasteiger partial charge in [-0.1, -0.05) is 17.7 Å². The van der Waals surface area contributed by atoms with Crippen LogP contribution in [0.3, 0.4) is 0 Å². The Labute approximate surface area is 184 Å². The first-order valence-corrected chi connectivity index (χ1v) is 11.5. The molecule has 158 valence electrons. The van der Waals surface area contributed by atoms with Crippen molar-refractivity contribution in [2.45, 2.75) is 0 Å². The lowest BCUT2D eigenvalue weighted by Crippen LogP contribution is -2.35. The monoisotopic (exact) mass is 478 g/mol. The van der Waals surface area contributed by atoms with Crippen LogP contribution in [0.1, 0.15) is 16.1 Å². The fourth-order valence-corrected chi connectivity index (χ4v) is 4.44. The molecule has 0 radical (unpaired) electrons. The van der Waals surface area contributed by atoms with E-state index in [4.69, 9.17) is 26.2 Å². The van der Waals surface area contributed by atoms with Gasteiger partial charge in [-0.2, -0.15) is 10.0 Å². The minimum absolute atomic E-state index is 0.00852. The van der Waals surface area contributed by atoms with Crippen LogP contribution in [0.15, 0.2) is 56.7 Å². The van der Waals surface area contributed by atoms with Crippen LogP contribution in [0.2, 0.25) is 5.02 Å². The molecule has 0 saturated carbocycles. The number of aliphatic imine (C=N–C) groups is 1. The Bertz CT molecular complexity index is 1330. The third-order valence-corrected chi connectivity index (χ3v) is 6.82. The second-order valence-electron chi connectivity index (χ2n) is 6.21. The van der Waals surface area contributed by atoms with Crippen LogP contribution in [-0.4, -0.2) is 46.9 Å². The van der Waals surface area contributed by atoms with E-state index in [0.717, 1.165) is 11.3 Å². The highest BCUT2D eigenvalue weighted by molar-refractivity contribution is 8.42. The molecule has 13 heteroatoms. The summed E-state index contributed by atoms with van der Waals surface area (Å²) in [5.74, 6) is -1.69. The van der Waals surface area contributed by atoms with E-state index in [-0.39, 0.29) is 37.5 Å². The number of halogens is 1. The molecule has 2 aromatic rings. The predicted octanol–water partition coefficient (Wildman–Crippen LogP) is 2.77. The molecule has 0 atom stereocenters. The first kappa shape index (κ1) is 21.0. The van der Waals surface area contributed by atoms with E-state index >= 15 is 0 Å². The fourth-order valence-electron chi connectivity index (χ4n) is 2.53. The number of amides is 1. The Morgan fingerprint density at radius 3 is 2.77 bits per heavy atom. The van der Waals surface area contributed by atoms with Crippen LogP contribution in [0.5, 0.6) is 5.75 Å². The van der Waals surface area contributed by atoms with E-state index in [1.807, 2.05) is 0 Å². The van der Waals surface area contributed by atoms with Crippen LogP contribution in [0.25, 0.3) is 6.08 Å². The quantitative estimate of drug-likeness (QED) is 0.403. The SMILES string of the molecule is CS(=O)(=O)C1=NN2C(=N)/C(=C\c3ccc(OC(=O)c4ccco4)c(Cl)c3)C(=O)N=C2S1. The predicted molar refractivity (Wildman–Crippen MR) is 115 cm³/mol. The number of nitrogens with one attached hydrogen (secondary N) is 1. The van der Waals surface area contributed by atoms with Crippen molar-refractivity contribution >= 4 is 66.5 Å². The Kier molecular flexibility index (Phi) is 5.29. The lowest BCUT2D eigenvalue weighted by Gasteiger charge is -2.20. The van der Waals surface area contributed by atoms with Crippen LogP contribution in [0, 0.1) is 5.41 Å². The molecule has 0 saturated heterocycles. The van der Waals surface area contributed by atoms with E-state index in [9.17, 15) is 18.0 Å². The summed E-state index contributed by atoms with van der Waals surface area (Å²) in [6.07, 6.45) is 3.66. The maximum Gasteiger partial charge on any atom is 0.379 e. The molecule has 0 aliphatic carbocycles. The minimum Gasteiger partial charge on any atom is -0.457 e. The number of nitrogens with zero attached hydrogens (tertiary/aromatic N) is 3. The van der Waals surface area contributed by atoms with E-state index in [1.54, 1.807) is 6.07 Å². The second-order valence-corrected chi connectivity index (χ2v) is 9.77. The van der Waals surface area contributed by atoms with Crippen LogP contribution in [0.4, 0.5) is 0 Å². The summed E-state index contributed by atoms with van der Waals surface area (Å²) in [4.78, 5) is 28.2. The minimum atomic E-state index is -3.62. The molecule has 1 aromatic heterocycles. The average molecular weight is 479 g/mol. The Balaban J connectivity index is 1.59. The van der Waals surface area contributed by atoms with Gasteiger partial charge in [-0.15, -0.1) is 5.10 Å². The number of fused-ring (bicyclic) bond motifs is 1. The number of hydrogen-bond donors (Lipinski definition) is 1. The summed E-state index contributed by atoms with van der Waals surface area (Å²) >= 11 is 6.88. The van der Waals surface area contributed by atoms with Crippen LogP contribution >= 0.6 is 23.4 Å². The van der Waals surface area contributed by atoms with E-state index < -0.39 is 21.7 Å². The lowest BCUT2D eigenvalue weighted by atomic mass is 10.1. The van der Waals surface area contributed by atoms with Crippen molar-refractivity contribution in [2.75, 3.05) is 6.26 Å². The fraction of sp³-hybridized carbons (Fsp3) is 0.0556. The number of esters is 1. The van der Waals surface area contributed by atoms with E-state index in [0.29, 0.717) is 17.3 Å². The number of hydrogen-bond acceptors (Lipinski definition) is 9. The molecule has 3 heterocycles. The standard InChI is InChI=1S/C18H11ClN4O6S2/c1-31(26,27)18-22-23-14(20)10(15(24)21-17(23)30-18)7-9-4-5-12(11(19)8-9)29-16(25)13-3-2-6-28-13/h2-8,20H,1H3/b10-7+,20-14?. The number of rotatable bonds is 3. The van der Waals surface area contributed by atoms with Gasteiger partial charge in [0, 0.05) is 6.26 Å². The summed E-state index contributed by atoms with van der Waals surface area (Å²) in [6, 6.07) is 7.36. The molecule has 1 N–H and O–H groups in total. The molecular formula is C18H11ClN4O6S2. The molecule has 4 rings (SSSR count). The molecule has 0 spiro atoms. The normalized spacial score (nSPS) is 17.5. The topological polar surface area (TPSA) is 142 Å². The molecule has 2 aliphatic heterocycles. The largest absolute Gasteiger partial charge is 0.457 e. The highest BCUT2D eigenvalue weighted by Crippen LogP contribution is 2.31. The zero-order valence-corrected chi connectivity index (χ0v) is 17.9. The number of carbonyl (C=O) groups is 2. The lowest BCUT2D eigenvalue weighted by molar-refractivity contribution is -0.114. The van der Waals surface area contributed by atoms with Gasteiger partial charge in [0.15, 0.2) is 5.84 Å². The number of benzene rings is 1. The molecule has 31 heavy (non-hydrogen) atoms. The number of ether oxygens (including phenoxy) is 1. The van der Waals surface area contributed by atoms with Gasteiger partial charge < -0.3 is 9.15 Å². The first-order valence-electron chi connectivity index (χ1n) is 8.39. The number of sulfone groups is 1. The second kappa shape index (κ2) is 7.80. The molecule has 0 fully saturated rings. The highest BCUT2D eigenvalue weighted by atomic mass is 35.5. The number of furan rings is 1. The summed E-state index contributed by atoms with van der Waals surface area (Å²) in [6.45, 7) is 0. The molecule has 0 bridgehead atoms. The number of carbonyl (C=O) groups excluding carboxylic acids is 2. The molecular weight excluding hydrogens is 468 g/mol. The van der Waals surface area contributed by atoms with Crippen LogP contribution < -0.4 is 4.74 Å². The average Bonchev–Trinajstić information content (AvgIpc) is 3.36. The molecule has 1 aromatic carbocycles. The van der Waals surface area contributed by atoms with Crippen LogP contribution in [-0.2, 0) is 14.6 Å². The maximum absolute atomic E-state index is 12.4. The Morgan fingerprint density at radius 2 is 2.13 bits per heavy atom. The van der Waals surface area contributed by atoms with E-state index in [2.05, 4.69) is 10.1 Å². The van der Waals surface area contributed by atoms with Gasteiger partial charge in [0.2, 0.25) is 25.1 Å². The number of thioether (sulfide) groups is 1. The van der Waals surface area contributed by atoms with Crippen molar-refractivity contribution in [1.29, 1.82) is 5.41 Å². The van der Waals surface area contributed by atoms with Crippen molar-refractivity contribution in [1.82, 2.24) is 5.01 Å². The van der Waals surface area contributed by atoms with E-state index in [1.165, 1.54) is 36.6 Å². The number of amidine groups is 2. The maximum atomic E-state index is 12.4. The third kappa shape index (κ3) is 4.17. The molecule has 2 aliphatic rings. The van der Waals surface area contributed by atoms with Crippen molar-refractivity contribution in [3.8, 4) is 5.75 Å². The first-order chi connectivity index (χ1) is 14.6. The number of hydrazone groups is 1. The van der Waals surface area contributed by atoms with Gasteiger partial charge in [-0.3, -0.25) is 10.2 Å². The van der Waals surface area contributed by atoms with Crippen molar-refractivity contribution < 1.29 is 27.2 Å². The zero-order valence-electron chi connectivity index (χ0n) is 15.5. The van der Waals surface area contributed by atoms with Gasteiger partial charge in [0.1, 0.15) is 5.75 Å². The summed E-state index contributed by atoms with van der Waals surface area (Å²) in [5, 5.41) is 13.2.